The second kappa shape index (κ2) is 13.4. The van der Waals surface area contributed by atoms with E-state index in [4.69, 9.17) is 9.47 Å². The van der Waals surface area contributed by atoms with E-state index < -0.39 is 5.60 Å². The van der Waals surface area contributed by atoms with Crippen LogP contribution < -0.4 is 10.1 Å². The number of ether oxygens (including phenoxy) is 2. The Morgan fingerprint density at radius 2 is 1.50 bits per heavy atom. The average molecular weight is 463 g/mol. The van der Waals surface area contributed by atoms with E-state index in [0.29, 0.717) is 13.2 Å². The molecule has 0 aromatic heterocycles. The zero-order valence-corrected chi connectivity index (χ0v) is 21.3. The fraction of sp³-hybridized carbons (Fsp3) is 0.345. The summed E-state index contributed by atoms with van der Waals surface area (Å²) in [5, 5.41) is 3.47. The maximum absolute atomic E-state index is 12.0. The van der Waals surface area contributed by atoms with Gasteiger partial charge in [0.2, 0.25) is 0 Å². The molecule has 34 heavy (non-hydrogen) atoms. The smallest absolute Gasteiger partial charge is 0.320 e. The molecule has 0 atom stereocenters. The number of nitrogens with zero attached hydrogens (tertiary/aromatic N) is 1. The molecule has 0 saturated carbocycles. The maximum atomic E-state index is 12.0. The molecule has 3 aromatic rings. The van der Waals surface area contributed by atoms with Crippen LogP contribution >= 0.6 is 0 Å². The maximum Gasteiger partial charge on any atom is 0.320 e. The van der Waals surface area contributed by atoms with Crippen LogP contribution in [0.25, 0.3) is 11.1 Å². The van der Waals surface area contributed by atoms with Crippen LogP contribution in [-0.2, 0) is 9.53 Å². The molecule has 3 rings (SSSR count). The lowest BCUT2D eigenvalue weighted by Gasteiger charge is -2.22. The largest absolute Gasteiger partial charge is 0.490 e. The van der Waals surface area contributed by atoms with Gasteiger partial charge in [0, 0.05) is 12.2 Å². The SMILES string of the molecule is CC.CN(CCOc1ccc(-c2ccccc2)cc1Nc1ccccc1)CC(=O)OC(C)(C)C. The molecule has 0 spiro atoms. The Kier molecular flexibility index (Phi) is 10.6. The first-order valence-corrected chi connectivity index (χ1v) is 11.8. The highest BCUT2D eigenvalue weighted by molar-refractivity contribution is 5.75. The van der Waals surface area contributed by atoms with E-state index in [0.717, 1.165) is 28.3 Å². The van der Waals surface area contributed by atoms with Crippen molar-refractivity contribution in [2.24, 2.45) is 0 Å². The van der Waals surface area contributed by atoms with E-state index in [1.54, 1.807) is 0 Å². The van der Waals surface area contributed by atoms with Crippen molar-refractivity contribution in [3.63, 3.8) is 0 Å². The van der Waals surface area contributed by atoms with Crippen molar-refractivity contribution in [2.75, 3.05) is 32.1 Å². The summed E-state index contributed by atoms with van der Waals surface area (Å²) in [6, 6.07) is 26.4. The summed E-state index contributed by atoms with van der Waals surface area (Å²) in [5.74, 6) is 0.526. The highest BCUT2D eigenvalue weighted by Crippen LogP contribution is 2.33. The van der Waals surface area contributed by atoms with Gasteiger partial charge in [-0.15, -0.1) is 0 Å². The molecule has 0 fully saturated rings. The van der Waals surface area contributed by atoms with Crippen LogP contribution in [0, 0.1) is 0 Å². The quantitative estimate of drug-likeness (QED) is 0.355. The predicted molar refractivity (Wildman–Crippen MR) is 142 cm³/mol. The van der Waals surface area contributed by atoms with Crippen LogP contribution in [0.5, 0.6) is 5.75 Å². The number of hydrogen-bond acceptors (Lipinski definition) is 5. The monoisotopic (exact) mass is 462 g/mol. The van der Waals surface area contributed by atoms with Gasteiger partial charge >= 0.3 is 5.97 Å². The molecule has 5 nitrogen and oxygen atoms in total. The van der Waals surface area contributed by atoms with Gasteiger partial charge in [-0.05, 0) is 63.2 Å². The van der Waals surface area contributed by atoms with Crippen LogP contribution in [0.3, 0.4) is 0 Å². The molecule has 0 unspecified atom stereocenters. The van der Waals surface area contributed by atoms with Gasteiger partial charge in [0.15, 0.2) is 0 Å². The van der Waals surface area contributed by atoms with Crippen LogP contribution in [0.2, 0.25) is 0 Å². The van der Waals surface area contributed by atoms with Crippen molar-refractivity contribution in [1.29, 1.82) is 0 Å². The molecule has 0 saturated heterocycles. The number of esters is 1. The number of nitrogens with one attached hydrogen (secondary N) is 1. The number of benzene rings is 3. The van der Waals surface area contributed by atoms with Gasteiger partial charge in [-0.2, -0.15) is 0 Å². The minimum Gasteiger partial charge on any atom is -0.490 e. The van der Waals surface area contributed by atoms with Gasteiger partial charge in [0.05, 0.1) is 12.2 Å². The molecular formula is C29H38N2O3. The molecule has 5 heteroatoms. The molecule has 3 aromatic carbocycles. The van der Waals surface area contributed by atoms with Gasteiger partial charge in [0.25, 0.3) is 0 Å². The third kappa shape index (κ3) is 9.28. The Labute approximate surface area is 204 Å². The standard InChI is InChI=1S/C27H32N2O3.C2H6/c1-27(2,3)32-26(30)20-29(4)17-18-31-25-16-15-22(21-11-7-5-8-12-21)19-24(25)28-23-13-9-6-10-14-23;1-2/h5-16,19,28H,17-18,20H2,1-4H3;1-2H3. The van der Waals surface area contributed by atoms with E-state index in [2.05, 4.69) is 29.6 Å². The minimum absolute atomic E-state index is 0.225. The fourth-order valence-electron chi connectivity index (χ4n) is 3.23. The Morgan fingerprint density at radius 3 is 2.12 bits per heavy atom. The second-order valence-corrected chi connectivity index (χ2v) is 8.74. The molecular weight excluding hydrogens is 424 g/mol. The van der Waals surface area contributed by atoms with Gasteiger partial charge < -0.3 is 14.8 Å². The van der Waals surface area contributed by atoms with Crippen LogP contribution in [0.15, 0.2) is 78.9 Å². The van der Waals surface area contributed by atoms with Crippen molar-refractivity contribution in [3.8, 4) is 16.9 Å². The Hall–Kier alpha value is -3.31. The molecule has 0 aliphatic heterocycles. The van der Waals surface area contributed by atoms with Crippen molar-refractivity contribution in [2.45, 2.75) is 40.2 Å². The summed E-state index contributed by atoms with van der Waals surface area (Å²) in [5.41, 5.74) is 3.66. The van der Waals surface area contributed by atoms with Gasteiger partial charge in [0.1, 0.15) is 18.0 Å². The molecule has 0 heterocycles. The first-order chi connectivity index (χ1) is 16.3. The molecule has 0 bridgehead atoms. The van der Waals surface area contributed by atoms with Crippen LogP contribution in [0.4, 0.5) is 11.4 Å². The summed E-state index contributed by atoms with van der Waals surface area (Å²) in [6.07, 6.45) is 0. The fourth-order valence-corrected chi connectivity index (χ4v) is 3.23. The van der Waals surface area contributed by atoms with Crippen LogP contribution in [-0.4, -0.2) is 43.2 Å². The number of likely N-dealkylation sites (N-methyl/N-ethyl adjacent to an activating group) is 1. The molecule has 0 radical (unpaired) electrons. The third-order valence-corrected chi connectivity index (χ3v) is 4.69. The molecule has 0 amide bonds. The predicted octanol–water partition coefficient (Wildman–Crippen LogP) is 6.78. The summed E-state index contributed by atoms with van der Waals surface area (Å²) in [4.78, 5) is 13.9. The van der Waals surface area contributed by atoms with E-state index >= 15 is 0 Å². The molecule has 0 aliphatic rings. The summed E-state index contributed by atoms with van der Waals surface area (Å²) >= 11 is 0. The second-order valence-electron chi connectivity index (χ2n) is 8.74. The van der Waals surface area contributed by atoms with Gasteiger partial charge in [-0.3, -0.25) is 9.69 Å². The molecule has 182 valence electrons. The van der Waals surface area contributed by atoms with Crippen molar-refractivity contribution >= 4 is 17.3 Å². The van der Waals surface area contributed by atoms with E-state index in [9.17, 15) is 4.79 Å². The third-order valence-electron chi connectivity index (χ3n) is 4.69. The van der Waals surface area contributed by atoms with Crippen molar-refractivity contribution in [3.05, 3.63) is 78.9 Å². The number of rotatable bonds is 9. The lowest BCUT2D eigenvalue weighted by molar-refractivity contribution is -0.155. The Morgan fingerprint density at radius 1 is 0.882 bits per heavy atom. The number of hydrogen-bond donors (Lipinski definition) is 1. The first-order valence-electron chi connectivity index (χ1n) is 11.8. The lowest BCUT2D eigenvalue weighted by Crippen LogP contribution is -2.34. The number of carbonyl (C=O) groups excluding carboxylic acids is 1. The van der Waals surface area contributed by atoms with Crippen molar-refractivity contribution < 1.29 is 14.3 Å². The topological polar surface area (TPSA) is 50.8 Å². The normalized spacial score (nSPS) is 10.8. The highest BCUT2D eigenvalue weighted by Gasteiger charge is 2.17. The Bertz CT molecular complexity index is 999. The zero-order chi connectivity index (χ0) is 25.0. The average Bonchev–Trinajstić information content (AvgIpc) is 2.81. The zero-order valence-electron chi connectivity index (χ0n) is 21.3. The Balaban J connectivity index is 0.00000199. The van der Waals surface area contributed by atoms with Crippen molar-refractivity contribution in [1.82, 2.24) is 4.90 Å². The van der Waals surface area contributed by atoms with Gasteiger partial charge in [-0.1, -0.05) is 68.4 Å². The van der Waals surface area contributed by atoms with Crippen LogP contribution in [0.1, 0.15) is 34.6 Å². The summed E-state index contributed by atoms with van der Waals surface area (Å²) in [7, 11) is 1.88. The van der Waals surface area contributed by atoms with E-state index in [-0.39, 0.29) is 12.5 Å². The first kappa shape index (κ1) is 26.9. The molecule has 0 aliphatic carbocycles. The molecule has 1 N–H and O–H groups in total. The van der Waals surface area contributed by atoms with E-state index in [1.807, 2.05) is 101 Å². The lowest BCUT2D eigenvalue weighted by atomic mass is 10.0. The number of para-hydroxylation sites is 1. The highest BCUT2D eigenvalue weighted by atomic mass is 16.6. The summed E-state index contributed by atoms with van der Waals surface area (Å²) in [6.45, 7) is 10.9. The number of anilines is 2. The van der Waals surface area contributed by atoms with E-state index in [1.165, 1.54) is 0 Å². The summed E-state index contributed by atoms with van der Waals surface area (Å²) < 4.78 is 11.5. The minimum atomic E-state index is -0.479. The number of carbonyl (C=O) groups is 1. The van der Waals surface area contributed by atoms with Gasteiger partial charge in [-0.25, -0.2) is 0 Å².